The molecule has 4 aromatic rings. The maximum Gasteiger partial charge on any atom is 0.416 e. The first-order valence-corrected chi connectivity index (χ1v) is 14.4. The molecule has 9 heteroatoms. The van der Waals surface area contributed by atoms with Gasteiger partial charge < -0.3 is 5.32 Å². The number of aliphatic imine (C=N–C) groups is 1. The number of nitrogens with zero attached hydrogens (tertiary/aromatic N) is 2. The van der Waals surface area contributed by atoms with Crippen LogP contribution in [0.2, 0.25) is 0 Å². The van der Waals surface area contributed by atoms with Gasteiger partial charge >= 0.3 is 6.18 Å². The number of allylic oxidation sites excluding steroid dienone is 1. The molecule has 2 aliphatic carbocycles. The summed E-state index contributed by atoms with van der Waals surface area (Å²) in [6.07, 6.45) is 5.04. The molecule has 6 nitrogen and oxygen atoms in total. The van der Waals surface area contributed by atoms with Crippen LogP contribution in [0.25, 0.3) is 11.1 Å². The lowest BCUT2D eigenvalue weighted by atomic mass is 9.71. The van der Waals surface area contributed by atoms with E-state index in [1.54, 1.807) is 6.21 Å². The number of aryl methyl sites for hydroxylation is 1. The molecule has 4 aromatic carbocycles. The number of para-hydroxylation sites is 2. The Morgan fingerprint density at radius 3 is 2.43 bits per heavy atom. The van der Waals surface area contributed by atoms with Gasteiger partial charge in [-0.15, -0.1) is 0 Å². The number of non-ortho nitro benzene ring substituents is 1. The monoisotopic (exact) mass is 595 g/mol. The lowest BCUT2D eigenvalue weighted by Gasteiger charge is -2.32. The summed E-state index contributed by atoms with van der Waals surface area (Å²) in [6, 6.07) is 21.1. The fourth-order valence-electron chi connectivity index (χ4n) is 6.20. The van der Waals surface area contributed by atoms with Crippen LogP contribution >= 0.6 is 0 Å². The van der Waals surface area contributed by atoms with Gasteiger partial charge in [0.25, 0.3) is 5.69 Å². The van der Waals surface area contributed by atoms with E-state index in [-0.39, 0.29) is 17.9 Å². The summed E-state index contributed by atoms with van der Waals surface area (Å²) in [7, 11) is 0. The molecule has 0 radical (unpaired) electrons. The molecule has 0 fully saturated rings. The smallest absolute Gasteiger partial charge is 0.360 e. The number of hydrogen-bond donors (Lipinski definition) is 1. The minimum atomic E-state index is -4.47. The highest BCUT2D eigenvalue weighted by Gasteiger charge is 2.36. The number of nitro benzene ring substituents is 1. The fourth-order valence-corrected chi connectivity index (χ4v) is 6.20. The van der Waals surface area contributed by atoms with E-state index in [2.05, 4.69) is 10.3 Å². The van der Waals surface area contributed by atoms with Gasteiger partial charge in [0.15, 0.2) is 5.78 Å². The summed E-state index contributed by atoms with van der Waals surface area (Å²) < 4.78 is 40.1. The zero-order chi connectivity index (χ0) is 30.8. The Bertz CT molecular complexity index is 1810. The Labute approximate surface area is 252 Å². The molecule has 1 aliphatic heterocycles. The van der Waals surface area contributed by atoms with E-state index < -0.39 is 22.6 Å². The Hall–Kier alpha value is -5.05. The van der Waals surface area contributed by atoms with E-state index in [0.29, 0.717) is 11.1 Å². The van der Waals surface area contributed by atoms with Crippen molar-refractivity contribution < 1.29 is 22.9 Å². The van der Waals surface area contributed by atoms with Crippen LogP contribution in [-0.4, -0.2) is 16.9 Å². The minimum Gasteiger partial charge on any atom is -0.360 e. The highest BCUT2D eigenvalue weighted by atomic mass is 19.4. The molecule has 222 valence electrons. The summed E-state index contributed by atoms with van der Waals surface area (Å²) in [4.78, 5) is 28.3. The molecule has 7 rings (SSSR count). The third kappa shape index (κ3) is 5.77. The number of carbonyl (C=O) groups excluding carboxylic acids is 1. The van der Waals surface area contributed by atoms with Crippen molar-refractivity contribution in [2.24, 2.45) is 4.99 Å². The van der Waals surface area contributed by atoms with Crippen LogP contribution in [0.4, 0.5) is 30.2 Å². The normalized spacial score (nSPS) is 16.1. The Kier molecular flexibility index (Phi) is 7.86. The van der Waals surface area contributed by atoms with Crippen LogP contribution in [0, 0.1) is 10.1 Å². The average molecular weight is 596 g/mol. The van der Waals surface area contributed by atoms with E-state index in [9.17, 15) is 28.1 Å². The van der Waals surface area contributed by atoms with Crippen LogP contribution in [0.1, 0.15) is 56.9 Å². The van der Waals surface area contributed by atoms with Crippen molar-refractivity contribution in [3.63, 3.8) is 0 Å². The molecule has 44 heavy (non-hydrogen) atoms. The predicted octanol–water partition coefficient (Wildman–Crippen LogP) is 9.01. The van der Waals surface area contributed by atoms with Gasteiger partial charge in [-0.3, -0.25) is 19.9 Å². The maximum absolute atomic E-state index is 13.6. The van der Waals surface area contributed by atoms with Gasteiger partial charge in [-0.2, -0.15) is 13.2 Å². The average Bonchev–Trinajstić information content (AvgIpc) is 3.29. The molecule has 0 aromatic heterocycles. The summed E-state index contributed by atoms with van der Waals surface area (Å²) in [5.74, 6) is -0.862. The molecular weight excluding hydrogens is 567 g/mol. The number of hydrogen-bond acceptors (Lipinski definition) is 5. The van der Waals surface area contributed by atoms with Crippen molar-refractivity contribution in [3.05, 3.63) is 135 Å². The van der Waals surface area contributed by atoms with Crippen LogP contribution in [0.5, 0.6) is 0 Å². The first kappa shape index (κ1) is 29.0. The number of fused-ring (bicyclic) bond motifs is 6. The molecular formula is C35H28F3N3O3. The van der Waals surface area contributed by atoms with E-state index in [1.165, 1.54) is 35.9 Å². The van der Waals surface area contributed by atoms with E-state index in [1.807, 2.05) is 48.7 Å². The molecule has 3 aliphatic rings. The van der Waals surface area contributed by atoms with Gasteiger partial charge in [0.1, 0.15) is 0 Å². The Morgan fingerprint density at radius 1 is 0.909 bits per heavy atom. The number of anilines is 1. The second-order valence-corrected chi connectivity index (χ2v) is 11.0. The van der Waals surface area contributed by atoms with Crippen LogP contribution in [0.15, 0.2) is 96.1 Å². The summed E-state index contributed by atoms with van der Waals surface area (Å²) in [5.41, 5.74) is 6.77. The molecule has 0 amide bonds. The highest BCUT2D eigenvalue weighted by molar-refractivity contribution is 6.03. The number of halogens is 3. The van der Waals surface area contributed by atoms with Crippen molar-refractivity contribution in [1.82, 2.24) is 0 Å². The van der Waals surface area contributed by atoms with Crippen molar-refractivity contribution >= 4 is 29.1 Å². The van der Waals surface area contributed by atoms with Crippen LogP contribution < -0.4 is 5.32 Å². The molecule has 0 saturated carbocycles. The predicted molar refractivity (Wildman–Crippen MR) is 165 cm³/mol. The summed E-state index contributed by atoms with van der Waals surface area (Å²) in [6.45, 7) is 0. The van der Waals surface area contributed by atoms with Crippen molar-refractivity contribution in [1.29, 1.82) is 0 Å². The van der Waals surface area contributed by atoms with Crippen molar-refractivity contribution in [2.45, 2.75) is 44.2 Å². The molecule has 0 bridgehead atoms. The van der Waals surface area contributed by atoms with Crippen LogP contribution in [-0.2, 0) is 25.4 Å². The van der Waals surface area contributed by atoms with Gasteiger partial charge in [0, 0.05) is 30.1 Å². The largest absolute Gasteiger partial charge is 0.416 e. The van der Waals surface area contributed by atoms with Gasteiger partial charge in [-0.05, 0) is 108 Å². The van der Waals surface area contributed by atoms with Gasteiger partial charge in [-0.25, -0.2) is 0 Å². The number of nitro groups is 1. The van der Waals surface area contributed by atoms with Gasteiger partial charge in [-0.1, -0.05) is 30.3 Å². The third-order valence-electron chi connectivity index (χ3n) is 8.29. The molecule has 1 heterocycles. The molecule has 1 N–H and O–H groups in total. The van der Waals surface area contributed by atoms with Crippen molar-refractivity contribution in [3.8, 4) is 11.1 Å². The minimum absolute atomic E-state index is 0.117. The van der Waals surface area contributed by atoms with Gasteiger partial charge in [0.05, 0.1) is 27.8 Å². The highest BCUT2D eigenvalue weighted by Crippen LogP contribution is 2.46. The second-order valence-electron chi connectivity index (χ2n) is 11.0. The Balaban J connectivity index is 0.000000261. The quantitative estimate of drug-likeness (QED) is 0.146. The maximum atomic E-state index is 13.6. The molecule has 0 saturated heterocycles. The van der Waals surface area contributed by atoms with E-state index in [0.717, 1.165) is 71.4 Å². The standard InChI is InChI=1S/C26H20F3NO3.C9H8N2/c27-26(28,29)18-8-12-20-17(13-18)14-23(25(31)16-5-9-19(10-6-16)30(32)33)24-21-4-2-1-3-15(21)7-11-22(20)24;1-2-5-9-8(4-1)10-6-3-7-11-9/h5-13,23H,1-4,14H2;1-7,10H. The zero-order valence-electron chi connectivity index (χ0n) is 23.6. The fraction of sp³-hybridized carbons (Fsp3) is 0.200. The summed E-state index contributed by atoms with van der Waals surface area (Å²) >= 11 is 0. The van der Waals surface area contributed by atoms with E-state index in [4.69, 9.17) is 0 Å². The summed E-state index contributed by atoms with van der Waals surface area (Å²) in [5, 5.41) is 14.1. The topological polar surface area (TPSA) is 84.6 Å². The molecule has 0 spiro atoms. The molecule has 1 unspecified atom stereocenters. The first-order valence-electron chi connectivity index (χ1n) is 14.4. The number of nitrogens with one attached hydrogen (secondary N) is 1. The number of ketones is 1. The number of Topliss-reactive ketones (excluding diaryl/α,β-unsaturated/α-hetero) is 1. The van der Waals surface area contributed by atoms with E-state index >= 15 is 0 Å². The second kappa shape index (κ2) is 11.9. The van der Waals surface area contributed by atoms with Gasteiger partial charge in [0.2, 0.25) is 0 Å². The third-order valence-corrected chi connectivity index (χ3v) is 8.29. The number of carbonyl (C=O) groups is 1. The van der Waals surface area contributed by atoms with Crippen LogP contribution in [0.3, 0.4) is 0 Å². The number of rotatable bonds is 3. The van der Waals surface area contributed by atoms with Crippen molar-refractivity contribution in [2.75, 3.05) is 5.32 Å². The number of alkyl halides is 3. The SMILES string of the molecule is C1=CNc2ccccc2N=C1.O=C(c1ccc([N+](=O)[O-])cc1)C1Cc2cc(C(F)(F)F)ccc2-c2ccc3c(c21)CCCC3. The lowest BCUT2D eigenvalue weighted by Crippen LogP contribution is -2.24. The Morgan fingerprint density at radius 2 is 1.66 bits per heavy atom. The zero-order valence-corrected chi connectivity index (χ0v) is 23.6. The lowest BCUT2D eigenvalue weighted by molar-refractivity contribution is -0.384. The molecule has 1 atom stereocenters. The first-order chi connectivity index (χ1) is 21.2. The number of benzene rings is 4.